The molecule has 0 saturated carbocycles. The SMILES string of the molecule is CC=Cc1ccc(OCCCN2CCN(Cc3ccccc3)CC2)c(OC)c1. The number of allylic oxidation sites excluding steroid dienone is 1. The van der Waals surface area contributed by atoms with Gasteiger partial charge < -0.3 is 14.4 Å². The highest BCUT2D eigenvalue weighted by Gasteiger charge is 2.16. The third kappa shape index (κ3) is 6.11. The van der Waals surface area contributed by atoms with Gasteiger partial charge in [-0.2, -0.15) is 0 Å². The third-order valence-electron chi connectivity index (χ3n) is 5.14. The maximum atomic E-state index is 5.97. The van der Waals surface area contributed by atoms with Gasteiger partial charge in [0, 0.05) is 39.3 Å². The first-order chi connectivity index (χ1) is 13.8. The Morgan fingerprint density at radius 1 is 0.929 bits per heavy atom. The molecule has 0 amide bonds. The lowest BCUT2D eigenvalue weighted by molar-refractivity contribution is 0.121. The van der Waals surface area contributed by atoms with Gasteiger partial charge in [-0.1, -0.05) is 48.6 Å². The molecule has 0 aliphatic carbocycles. The van der Waals surface area contributed by atoms with E-state index < -0.39 is 0 Å². The monoisotopic (exact) mass is 380 g/mol. The van der Waals surface area contributed by atoms with Crippen LogP contribution in [0.4, 0.5) is 0 Å². The minimum absolute atomic E-state index is 0.712. The standard InChI is InChI=1S/C24H32N2O2/c1-3-8-21-11-12-23(24(19-21)27-2)28-18-7-13-25-14-16-26(17-15-25)20-22-9-5-4-6-10-22/h3-6,8-12,19H,7,13-18,20H2,1-2H3. The molecule has 1 aliphatic rings. The molecule has 0 spiro atoms. The van der Waals surface area contributed by atoms with Crippen LogP contribution >= 0.6 is 0 Å². The van der Waals surface area contributed by atoms with Crippen molar-refractivity contribution in [2.75, 3.05) is 46.4 Å². The van der Waals surface area contributed by atoms with Gasteiger partial charge in [0.1, 0.15) is 0 Å². The van der Waals surface area contributed by atoms with E-state index in [1.54, 1.807) is 7.11 Å². The Balaban J connectivity index is 1.36. The molecular formula is C24H32N2O2. The molecule has 150 valence electrons. The summed E-state index contributed by atoms with van der Waals surface area (Å²) in [4.78, 5) is 5.08. The molecular weight excluding hydrogens is 348 g/mol. The molecule has 0 aromatic heterocycles. The van der Waals surface area contributed by atoms with E-state index in [9.17, 15) is 0 Å². The van der Waals surface area contributed by atoms with Crippen LogP contribution in [0.5, 0.6) is 11.5 Å². The van der Waals surface area contributed by atoms with Gasteiger partial charge in [-0.05, 0) is 36.6 Å². The minimum Gasteiger partial charge on any atom is -0.493 e. The predicted octanol–water partition coefficient (Wildman–Crippen LogP) is 4.32. The number of ether oxygens (including phenoxy) is 2. The second-order valence-corrected chi connectivity index (χ2v) is 7.22. The lowest BCUT2D eigenvalue weighted by Crippen LogP contribution is -2.46. The van der Waals surface area contributed by atoms with Crippen LogP contribution in [0.15, 0.2) is 54.6 Å². The van der Waals surface area contributed by atoms with Crippen molar-refractivity contribution in [3.8, 4) is 11.5 Å². The zero-order valence-corrected chi connectivity index (χ0v) is 17.1. The smallest absolute Gasteiger partial charge is 0.161 e. The number of hydrogen-bond donors (Lipinski definition) is 0. The molecule has 2 aromatic carbocycles. The number of methoxy groups -OCH3 is 1. The van der Waals surface area contributed by atoms with Crippen LogP contribution in [0.2, 0.25) is 0 Å². The van der Waals surface area contributed by atoms with Crippen LogP contribution in [0.1, 0.15) is 24.5 Å². The van der Waals surface area contributed by atoms with Gasteiger partial charge in [0.25, 0.3) is 0 Å². The van der Waals surface area contributed by atoms with Crippen molar-refractivity contribution in [1.29, 1.82) is 0 Å². The second-order valence-electron chi connectivity index (χ2n) is 7.22. The largest absolute Gasteiger partial charge is 0.493 e. The summed E-state index contributed by atoms with van der Waals surface area (Å²) >= 11 is 0. The maximum absolute atomic E-state index is 5.97. The zero-order valence-electron chi connectivity index (χ0n) is 17.1. The van der Waals surface area contributed by atoms with Crippen molar-refractivity contribution in [3.63, 3.8) is 0 Å². The van der Waals surface area contributed by atoms with Crippen LogP contribution in [0.3, 0.4) is 0 Å². The van der Waals surface area contributed by atoms with Gasteiger partial charge in [0.05, 0.1) is 13.7 Å². The Bertz CT molecular complexity index is 738. The number of nitrogens with zero attached hydrogens (tertiary/aromatic N) is 2. The molecule has 1 aliphatic heterocycles. The summed E-state index contributed by atoms with van der Waals surface area (Å²) < 4.78 is 11.4. The molecule has 0 N–H and O–H groups in total. The molecule has 4 nitrogen and oxygen atoms in total. The highest BCUT2D eigenvalue weighted by atomic mass is 16.5. The van der Waals surface area contributed by atoms with Crippen LogP contribution < -0.4 is 9.47 Å². The number of piperazine rings is 1. The Morgan fingerprint density at radius 2 is 1.68 bits per heavy atom. The number of rotatable bonds is 9. The van der Waals surface area contributed by atoms with Crippen molar-refractivity contribution in [2.24, 2.45) is 0 Å². The first-order valence-corrected chi connectivity index (χ1v) is 10.2. The highest BCUT2D eigenvalue weighted by Crippen LogP contribution is 2.28. The van der Waals surface area contributed by atoms with E-state index in [4.69, 9.17) is 9.47 Å². The summed E-state index contributed by atoms with van der Waals surface area (Å²) in [5, 5.41) is 0. The predicted molar refractivity (Wildman–Crippen MR) is 116 cm³/mol. The van der Waals surface area contributed by atoms with Gasteiger partial charge in [-0.25, -0.2) is 0 Å². The maximum Gasteiger partial charge on any atom is 0.161 e. The van der Waals surface area contributed by atoms with Crippen molar-refractivity contribution < 1.29 is 9.47 Å². The second kappa shape index (κ2) is 10.9. The van der Waals surface area contributed by atoms with E-state index in [1.807, 2.05) is 25.1 Å². The molecule has 3 rings (SSSR count). The molecule has 28 heavy (non-hydrogen) atoms. The molecule has 4 heteroatoms. The van der Waals surface area contributed by atoms with Gasteiger partial charge in [0.15, 0.2) is 11.5 Å². The third-order valence-corrected chi connectivity index (χ3v) is 5.14. The van der Waals surface area contributed by atoms with Crippen molar-refractivity contribution >= 4 is 6.08 Å². The Labute approximate surface area is 169 Å². The normalized spacial score (nSPS) is 15.8. The molecule has 2 aromatic rings. The summed E-state index contributed by atoms with van der Waals surface area (Å²) in [6.45, 7) is 9.40. The van der Waals surface area contributed by atoms with Crippen molar-refractivity contribution in [1.82, 2.24) is 9.80 Å². The van der Waals surface area contributed by atoms with E-state index >= 15 is 0 Å². The summed E-state index contributed by atoms with van der Waals surface area (Å²) in [6.07, 6.45) is 5.11. The average Bonchev–Trinajstić information content (AvgIpc) is 2.74. The molecule has 0 bridgehead atoms. The fourth-order valence-corrected chi connectivity index (χ4v) is 3.58. The van der Waals surface area contributed by atoms with Crippen LogP contribution in [-0.2, 0) is 6.54 Å². The molecule has 1 heterocycles. The van der Waals surface area contributed by atoms with E-state index in [0.29, 0.717) is 6.61 Å². The van der Waals surface area contributed by atoms with Crippen molar-refractivity contribution in [3.05, 3.63) is 65.7 Å². The summed E-state index contributed by atoms with van der Waals surface area (Å²) in [5.74, 6) is 1.62. The van der Waals surface area contributed by atoms with E-state index in [0.717, 1.165) is 62.8 Å². The molecule has 0 unspecified atom stereocenters. The number of benzene rings is 2. The van der Waals surface area contributed by atoms with E-state index in [2.05, 4.69) is 52.3 Å². The molecule has 1 saturated heterocycles. The van der Waals surface area contributed by atoms with Gasteiger partial charge >= 0.3 is 0 Å². The Hall–Kier alpha value is -2.30. The first-order valence-electron chi connectivity index (χ1n) is 10.2. The lowest BCUT2D eigenvalue weighted by atomic mass is 10.2. The zero-order chi connectivity index (χ0) is 19.6. The summed E-state index contributed by atoms with van der Waals surface area (Å²) in [5.41, 5.74) is 2.53. The van der Waals surface area contributed by atoms with Gasteiger partial charge in [0.2, 0.25) is 0 Å². The van der Waals surface area contributed by atoms with E-state index in [1.165, 1.54) is 5.56 Å². The quantitative estimate of drug-likeness (QED) is 0.605. The van der Waals surface area contributed by atoms with Crippen LogP contribution in [0.25, 0.3) is 6.08 Å². The molecule has 1 fully saturated rings. The van der Waals surface area contributed by atoms with Gasteiger partial charge in [-0.15, -0.1) is 0 Å². The fourth-order valence-electron chi connectivity index (χ4n) is 3.58. The first kappa shape index (κ1) is 20.4. The highest BCUT2D eigenvalue weighted by molar-refractivity contribution is 5.55. The summed E-state index contributed by atoms with van der Waals surface area (Å²) in [6, 6.07) is 16.8. The Kier molecular flexibility index (Phi) is 7.94. The topological polar surface area (TPSA) is 24.9 Å². The van der Waals surface area contributed by atoms with Crippen LogP contribution in [-0.4, -0.2) is 56.2 Å². The van der Waals surface area contributed by atoms with Crippen LogP contribution in [0, 0.1) is 0 Å². The summed E-state index contributed by atoms with van der Waals surface area (Å²) in [7, 11) is 1.69. The Morgan fingerprint density at radius 3 is 2.39 bits per heavy atom. The fraction of sp³-hybridized carbons (Fsp3) is 0.417. The molecule has 0 radical (unpaired) electrons. The lowest BCUT2D eigenvalue weighted by Gasteiger charge is -2.34. The average molecular weight is 381 g/mol. The van der Waals surface area contributed by atoms with E-state index in [-0.39, 0.29) is 0 Å². The van der Waals surface area contributed by atoms with Crippen molar-refractivity contribution in [2.45, 2.75) is 19.9 Å². The molecule has 0 atom stereocenters. The number of hydrogen-bond acceptors (Lipinski definition) is 4. The van der Waals surface area contributed by atoms with Gasteiger partial charge in [-0.3, -0.25) is 4.90 Å². The minimum atomic E-state index is 0.712.